The molecule has 0 spiro atoms. The van der Waals surface area contributed by atoms with Crippen LogP contribution < -0.4 is 5.32 Å². The number of aryl methyl sites for hydroxylation is 1. The predicted molar refractivity (Wildman–Crippen MR) is 83.7 cm³/mol. The molecule has 0 aliphatic rings. The second-order valence-electron chi connectivity index (χ2n) is 5.22. The zero-order valence-corrected chi connectivity index (χ0v) is 12.2. The van der Waals surface area contributed by atoms with Crippen molar-refractivity contribution in [2.45, 2.75) is 20.4 Å². The molecule has 0 radical (unpaired) electrons. The second kappa shape index (κ2) is 5.70. The molecule has 0 saturated heterocycles. The Hall–Kier alpha value is -2.13. The summed E-state index contributed by atoms with van der Waals surface area (Å²) in [6, 6.07) is 12.8. The molecule has 0 aliphatic carbocycles. The van der Waals surface area contributed by atoms with Crippen LogP contribution in [0.3, 0.4) is 0 Å². The largest absolute Gasteiger partial charge is 0.456 e. The number of benzene rings is 2. The molecule has 0 aliphatic heterocycles. The number of rotatable bonds is 4. The first-order chi connectivity index (χ1) is 10.2. The van der Waals surface area contributed by atoms with Gasteiger partial charge < -0.3 is 9.73 Å². The highest BCUT2D eigenvalue weighted by Gasteiger charge is 2.09. The average molecular weight is 283 g/mol. The minimum absolute atomic E-state index is 0.243. The Morgan fingerprint density at radius 1 is 1.10 bits per heavy atom. The summed E-state index contributed by atoms with van der Waals surface area (Å²) in [5.41, 5.74) is 4.17. The van der Waals surface area contributed by atoms with Gasteiger partial charge in [-0.3, -0.25) is 0 Å². The Kier molecular flexibility index (Phi) is 3.76. The maximum atomic E-state index is 13.3. The summed E-state index contributed by atoms with van der Waals surface area (Å²) in [5, 5.41) is 4.11. The van der Waals surface area contributed by atoms with Crippen molar-refractivity contribution in [1.29, 1.82) is 0 Å². The van der Waals surface area contributed by atoms with Crippen LogP contribution in [-0.4, -0.2) is 6.54 Å². The zero-order chi connectivity index (χ0) is 14.8. The highest BCUT2D eigenvalue weighted by atomic mass is 19.1. The fraction of sp³-hybridized carbons (Fsp3) is 0.222. The Bertz CT molecular complexity index is 776. The summed E-state index contributed by atoms with van der Waals surface area (Å²) in [5.74, 6) is 0.538. The van der Waals surface area contributed by atoms with Crippen LogP contribution in [0.5, 0.6) is 0 Å². The highest BCUT2D eigenvalue weighted by Crippen LogP contribution is 2.30. The molecule has 0 unspecified atom stereocenters. The van der Waals surface area contributed by atoms with E-state index in [0.29, 0.717) is 5.58 Å². The van der Waals surface area contributed by atoms with Crippen molar-refractivity contribution >= 4 is 11.0 Å². The van der Waals surface area contributed by atoms with Gasteiger partial charge in [-0.25, -0.2) is 4.39 Å². The zero-order valence-electron chi connectivity index (χ0n) is 12.2. The van der Waals surface area contributed by atoms with Crippen molar-refractivity contribution < 1.29 is 8.81 Å². The van der Waals surface area contributed by atoms with Gasteiger partial charge in [-0.1, -0.05) is 25.1 Å². The first-order valence-corrected chi connectivity index (χ1v) is 7.17. The number of fused-ring (bicyclic) bond motifs is 1. The van der Waals surface area contributed by atoms with E-state index >= 15 is 0 Å². The van der Waals surface area contributed by atoms with E-state index in [1.165, 1.54) is 17.7 Å². The number of furan rings is 1. The molecule has 2 nitrogen and oxygen atoms in total. The van der Waals surface area contributed by atoms with E-state index in [4.69, 9.17) is 4.42 Å². The maximum absolute atomic E-state index is 13.3. The molecular formula is C18H18FNO. The van der Waals surface area contributed by atoms with E-state index in [9.17, 15) is 4.39 Å². The molecule has 0 atom stereocenters. The molecule has 1 N–H and O–H groups in total. The summed E-state index contributed by atoms with van der Waals surface area (Å²) < 4.78 is 19.1. The normalized spacial score (nSPS) is 11.2. The van der Waals surface area contributed by atoms with Crippen molar-refractivity contribution in [3.63, 3.8) is 0 Å². The van der Waals surface area contributed by atoms with Crippen LogP contribution in [0.15, 0.2) is 46.9 Å². The fourth-order valence-electron chi connectivity index (χ4n) is 2.53. The quantitative estimate of drug-likeness (QED) is 0.753. The molecule has 3 heteroatoms. The molecule has 3 aromatic rings. The predicted octanol–water partition coefficient (Wildman–Crippen LogP) is 4.66. The molecule has 21 heavy (non-hydrogen) atoms. The fourth-order valence-corrected chi connectivity index (χ4v) is 2.53. The van der Waals surface area contributed by atoms with Gasteiger partial charge in [0.15, 0.2) is 0 Å². The average Bonchev–Trinajstić information content (AvgIpc) is 2.87. The second-order valence-corrected chi connectivity index (χ2v) is 5.22. The van der Waals surface area contributed by atoms with Crippen molar-refractivity contribution in [3.8, 4) is 11.3 Å². The summed E-state index contributed by atoms with van der Waals surface area (Å²) in [7, 11) is 0. The van der Waals surface area contributed by atoms with E-state index in [1.54, 1.807) is 6.07 Å². The van der Waals surface area contributed by atoms with Gasteiger partial charge in [0.2, 0.25) is 0 Å². The Morgan fingerprint density at radius 2 is 1.95 bits per heavy atom. The Labute approximate surface area is 123 Å². The minimum atomic E-state index is -0.243. The summed E-state index contributed by atoms with van der Waals surface area (Å²) >= 11 is 0. The Balaban J connectivity index is 1.98. The molecule has 3 rings (SSSR count). The van der Waals surface area contributed by atoms with E-state index in [2.05, 4.69) is 37.4 Å². The highest BCUT2D eigenvalue weighted by molar-refractivity contribution is 5.83. The molecule has 0 bridgehead atoms. The van der Waals surface area contributed by atoms with Crippen LogP contribution in [0.4, 0.5) is 4.39 Å². The summed E-state index contributed by atoms with van der Waals surface area (Å²) in [6.07, 6.45) is 0. The van der Waals surface area contributed by atoms with Crippen molar-refractivity contribution in [2.75, 3.05) is 6.54 Å². The van der Waals surface area contributed by atoms with Gasteiger partial charge in [-0.2, -0.15) is 0 Å². The number of nitrogens with one attached hydrogen (secondary N) is 1. The van der Waals surface area contributed by atoms with Gasteiger partial charge in [-0.15, -0.1) is 0 Å². The third-order valence-corrected chi connectivity index (χ3v) is 3.61. The standard InChI is InChI=1S/C18H18FNO/c1-3-20-11-13-4-6-16(12(2)8-13)18-10-14-9-15(19)5-7-17(14)21-18/h4-10,20H,3,11H2,1-2H3. The molecule has 108 valence electrons. The third kappa shape index (κ3) is 2.83. The van der Waals surface area contributed by atoms with Gasteiger partial charge in [0.1, 0.15) is 17.2 Å². The molecule has 0 saturated carbocycles. The van der Waals surface area contributed by atoms with E-state index in [-0.39, 0.29) is 5.82 Å². The molecule has 0 amide bonds. The lowest BCUT2D eigenvalue weighted by atomic mass is 10.0. The first-order valence-electron chi connectivity index (χ1n) is 7.17. The maximum Gasteiger partial charge on any atom is 0.135 e. The number of hydrogen-bond acceptors (Lipinski definition) is 2. The van der Waals surface area contributed by atoms with Crippen molar-refractivity contribution in [1.82, 2.24) is 5.32 Å². The van der Waals surface area contributed by atoms with Gasteiger partial charge in [0.25, 0.3) is 0 Å². The van der Waals surface area contributed by atoms with Gasteiger partial charge in [-0.05, 0) is 48.9 Å². The van der Waals surface area contributed by atoms with Crippen LogP contribution in [0.1, 0.15) is 18.1 Å². The topological polar surface area (TPSA) is 25.2 Å². The number of hydrogen-bond donors (Lipinski definition) is 1. The van der Waals surface area contributed by atoms with Gasteiger partial charge in [0, 0.05) is 17.5 Å². The number of halogens is 1. The van der Waals surface area contributed by atoms with Crippen LogP contribution in [0.2, 0.25) is 0 Å². The van der Waals surface area contributed by atoms with Crippen LogP contribution in [-0.2, 0) is 6.54 Å². The van der Waals surface area contributed by atoms with Crippen molar-refractivity contribution in [2.24, 2.45) is 0 Å². The van der Waals surface area contributed by atoms with Crippen LogP contribution in [0.25, 0.3) is 22.3 Å². The lowest BCUT2D eigenvalue weighted by molar-refractivity contribution is 0.619. The minimum Gasteiger partial charge on any atom is -0.456 e. The van der Waals surface area contributed by atoms with E-state index < -0.39 is 0 Å². The monoisotopic (exact) mass is 283 g/mol. The third-order valence-electron chi connectivity index (χ3n) is 3.61. The van der Waals surface area contributed by atoms with Crippen LogP contribution in [0, 0.1) is 12.7 Å². The lowest BCUT2D eigenvalue weighted by Crippen LogP contribution is -2.11. The molecule has 2 aromatic carbocycles. The van der Waals surface area contributed by atoms with Crippen molar-refractivity contribution in [3.05, 3.63) is 59.4 Å². The van der Waals surface area contributed by atoms with E-state index in [1.807, 2.05) is 6.07 Å². The molecule has 1 aromatic heterocycles. The SMILES string of the molecule is CCNCc1ccc(-c2cc3cc(F)ccc3o2)c(C)c1. The summed E-state index contributed by atoms with van der Waals surface area (Å²) in [6.45, 7) is 5.98. The van der Waals surface area contributed by atoms with Gasteiger partial charge in [0.05, 0.1) is 0 Å². The van der Waals surface area contributed by atoms with E-state index in [0.717, 1.165) is 35.4 Å². The lowest BCUT2D eigenvalue weighted by Gasteiger charge is -2.07. The molecular weight excluding hydrogens is 265 g/mol. The first kappa shape index (κ1) is 13.8. The molecule has 1 heterocycles. The Morgan fingerprint density at radius 3 is 2.71 bits per heavy atom. The van der Waals surface area contributed by atoms with Crippen LogP contribution >= 0.6 is 0 Å². The molecule has 0 fully saturated rings. The summed E-state index contributed by atoms with van der Waals surface area (Å²) in [4.78, 5) is 0. The van der Waals surface area contributed by atoms with Gasteiger partial charge >= 0.3 is 0 Å². The smallest absolute Gasteiger partial charge is 0.135 e.